The molecular weight excluding hydrogens is 374 g/mol. The van der Waals surface area contributed by atoms with Gasteiger partial charge >= 0.3 is 0 Å². The summed E-state index contributed by atoms with van der Waals surface area (Å²) in [5.74, 6) is 0.614. The molecule has 0 aliphatic heterocycles. The molecular formula is C20H19N5O2S. The number of anilines is 2. The molecule has 4 aromatic rings. The lowest BCUT2D eigenvalue weighted by Crippen LogP contribution is -2.17. The Kier molecular flexibility index (Phi) is 4.70. The molecule has 0 radical (unpaired) electrons. The molecule has 7 nitrogen and oxygen atoms in total. The van der Waals surface area contributed by atoms with E-state index in [1.807, 2.05) is 47.2 Å². The lowest BCUT2D eigenvalue weighted by molar-refractivity contribution is 0.0963. The number of hydrogen-bond donors (Lipinski definition) is 2. The molecule has 8 heteroatoms. The van der Waals surface area contributed by atoms with Crippen molar-refractivity contribution in [3.63, 3.8) is 0 Å². The molecule has 0 bridgehead atoms. The number of methoxy groups -OCH3 is 1. The fourth-order valence-electron chi connectivity index (χ4n) is 3.04. The van der Waals surface area contributed by atoms with Crippen molar-refractivity contribution < 1.29 is 9.53 Å². The minimum Gasteiger partial charge on any atom is -0.493 e. The molecule has 1 aromatic carbocycles. The number of thiazole rings is 1. The van der Waals surface area contributed by atoms with Gasteiger partial charge in [0.1, 0.15) is 5.69 Å². The number of imidazole rings is 1. The van der Waals surface area contributed by atoms with Crippen molar-refractivity contribution >= 4 is 33.7 Å². The Balaban J connectivity index is 1.62. The number of aromatic nitrogens is 3. The molecule has 0 aliphatic rings. The van der Waals surface area contributed by atoms with E-state index in [0.29, 0.717) is 5.56 Å². The van der Waals surface area contributed by atoms with Gasteiger partial charge in [-0.15, -0.1) is 11.3 Å². The lowest BCUT2D eigenvalue weighted by Gasteiger charge is -2.05. The molecule has 3 aromatic heterocycles. The maximum absolute atomic E-state index is 11.6. The van der Waals surface area contributed by atoms with Crippen LogP contribution in [0, 0.1) is 6.92 Å². The normalized spacial score (nSPS) is 10.8. The second-order valence-corrected chi connectivity index (χ2v) is 6.99. The summed E-state index contributed by atoms with van der Waals surface area (Å²) in [6.07, 6.45) is 1.96. The topological polar surface area (TPSA) is 80.5 Å². The number of carbonyl (C=O) groups is 1. The molecule has 28 heavy (non-hydrogen) atoms. The van der Waals surface area contributed by atoms with E-state index >= 15 is 0 Å². The predicted octanol–water partition coefficient (Wildman–Crippen LogP) is 3.88. The highest BCUT2D eigenvalue weighted by Gasteiger charge is 2.16. The SMILES string of the molecule is CNC(=O)c1ccc(Nc2nc(-c3c(C)nc4c(OC)cccn34)cs2)cc1. The zero-order chi connectivity index (χ0) is 19.7. The highest BCUT2D eigenvalue weighted by atomic mass is 32.1. The van der Waals surface area contributed by atoms with Crippen LogP contribution in [0.3, 0.4) is 0 Å². The van der Waals surface area contributed by atoms with Crippen molar-refractivity contribution in [3.8, 4) is 17.1 Å². The Labute approximate surface area is 166 Å². The smallest absolute Gasteiger partial charge is 0.251 e. The monoisotopic (exact) mass is 393 g/mol. The zero-order valence-corrected chi connectivity index (χ0v) is 16.5. The fraction of sp³-hybridized carbons (Fsp3) is 0.150. The van der Waals surface area contributed by atoms with Crippen molar-refractivity contribution in [3.05, 3.63) is 59.2 Å². The van der Waals surface area contributed by atoms with Gasteiger partial charge in [-0.05, 0) is 43.3 Å². The Bertz CT molecular complexity index is 1150. The molecule has 1 amide bonds. The van der Waals surface area contributed by atoms with E-state index in [-0.39, 0.29) is 5.91 Å². The summed E-state index contributed by atoms with van der Waals surface area (Å²) in [4.78, 5) is 21.0. The quantitative estimate of drug-likeness (QED) is 0.538. The summed E-state index contributed by atoms with van der Waals surface area (Å²) in [5, 5.41) is 8.65. The molecule has 2 N–H and O–H groups in total. The summed E-state index contributed by atoms with van der Waals surface area (Å²) in [6.45, 7) is 1.96. The van der Waals surface area contributed by atoms with Crippen LogP contribution in [0.25, 0.3) is 17.0 Å². The number of fused-ring (bicyclic) bond motifs is 1. The number of benzene rings is 1. The third-order valence-corrected chi connectivity index (χ3v) is 5.14. The minimum atomic E-state index is -0.110. The molecule has 3 heterocycles. The first-order valence-electron chi connectivity index (χ1n) is 8.67. The Hall–Kier alpha value is -3.39. The van der Waals surface area contributed by atoms with Gasteiger partial charge in [0, 0.05) is 29.9 Å². The highest BCUT2D eigenvalue weighted by Crippen LogP contribution is 2.32. The van der Waals surface area contributed by atoms with Crippen LogP contribution in [0.1, 0.15) is 16.1 Å². The second-order valence-electron chi connectivity index (χ2n) is 6.14. The van der Waals surface area contributed by atoms with E-state index in [0.717, 1.165) is 39.3 Å². The maximum atomic E-state index is 11.6. The molecule has 0 fully saturated rings. The Morgan fingerprint density at radius 2 is 1.96 bits per heavy atom. The van der Waals surface area contributed by atoms with Crippen LogP contribution in [-0.2, 0) is 0 Å². The predicted molar refractivity (Wildman–Crippen MR) is 111 cm³/mol. The maximum Gasteiger partial charge on any atom is 0.251 e. The van der Waals surface area contributed by atoms with Crippen LogP contribution in [0.15, 0.2) is 48.0 Å². The van der Waals surface area contributed by atoms with Crippen LogP contribution in [0.4, 0.5) is 10.8 Å². The van der Waals surface area contributed by atoms with Gasteiger partial charge in [0.15, 0.2) is 16.5 Å². The third kappa shape index (κ3) is 3.18. The Morgan fingerprint density at radius 1 is 1.18 bits per heavy atom. The van der Waals surface area contributed by atoms with E-state index < -0.39 is 0 Å². The molecule has 0 saturated heterocycles. The first-order valence-corrected chi connectivity index (χ1v) is 9.55. The van der Waals surface area contributed by atoms with E-state index in [9.17, 15) is 4.79 Å². The largest absolute Gasteiger partial charge is 0.493 e. The van der Waals surface area contributed by atoms with Gasteiger partial charge in [0.05, 0.1) is 18.5 Å². The van der Waals surface area contributed by atoms with E-state index in [1.165, 1.54) is 11.3 Å². The molecule has 4 rings (SSSR count). The summed E-state index contributed by atoms with van der Waals surface area (Å²) < 4.78 is 7.40. The van der Waals surface area contributed by atoms with Crippen molar-refractivity contribution in [2.45, 2.75) is 6.92 Å². The van der Waals surface area contributed by atoms with Crippen molar-refractivity contribution in [1.82, 2.24) is 19.7 Å². The molecule has 0 spiro atoms. The number of carbonyl (C=O) groups excluding carboxylic acids is 1. The fourth-order valence-corrected chi connectivity index (χ4v) is 3.75. The number of hydrogen-bond acceptors (Lipinski definition) is 6. The summed E-state index contributed by atoms with van der Waals surface area (Å²) >= 11 is 1.51. The van der Waals surface area contributed by atoms with Crippen molar-refractivity contribution in [2.75, 3.05) is 19.5 Å². The number of nitrogens with zero attached hydrogens (tertiary/aromatic N) is 3. The van der Waals surface area contributed by atoms with E-state index in [4.69, 9.17) is 9.72 Å². The number of amides is 1. The summed E-state index contributed by atoms with van der Waals surface area (Å²) in [7, 11) is 3.25. The minimum absolute atomic E-state index is 0.110. The van der Waals surface area contributed by atoms with Gasteiger partial charge in [0.2, 0.25) is 0 Å². The second kappa shape index (κ2) is 7.32. The van der Waals surface area contributed by atoms with Gasteiger partial charge in [0.25, 0.3) is 5.91 Å². The number of ether oxygens (including phenoxy) is 1. The van der Waals surface area contributed by atoms with Crippen LogP contribution < -0.4 is 15.4 Å². The molecule has 0 atom stereocenters. The van der Waals surface area contributed by atoms with Crippen molar-refractivity contribution in [2.24, 2.45) is 0 Å². The van der Waals surface area contributed by atoms with Gasteiger partial charge < -0.3 is 15.4 Å². The number of rotatable bonds is 5. The van der Waals surface area contributed by atoms with Crippen LogP contribution in [0.2, 0.25) is 0 Å². The van der Waals surface area contributed by atoms with Crippen molar-refractivity contribution in [1.29, 1.82) is 0 Å². The summed E-state index contributed by atoms with van der Waals surface area (Å²) in [6, 6.07) is 11.1. The van der Waals surface area contributed by atoms with Crippen LogP contribution >= 0.6 is 11.3 Å². The number of nitrogens with one attached hydrogen (secondary N) is 2. The lowest BCUT2D eigenvalue weighted by atomic mass is 10.2. The summed E-state index contributed by atoms with van der Waals surface area (Å²) in [5.41, 5.74) is 4.91. The number of pyridine rings is 1. The Morgan fingerprint density at radius 3 is 2.68 bits per heavy atom. The molecule has 0 saturated carbocycles. The average molecular weight is 393 g/mol. The van der Waals surface area contributed by atoms with Gasteiger partial charge in [-0.2, -0.15) is 0 Å². The van der Waals surface area contributed by atoms with Gasteiger partial charge in [-0.25, -0.2) is 9.97 Å². The first-order chi connectivity index (χ1) is 13.6. The average Bonchev–Trinajstić information content (AvgIpc) is 3.30. The standard InChI is InChI=1S/C20H19N5O2S/c1-12-17(25-10-4-5-16(27-3)18(25)22-12)15-11-28-20(24-15)23-14-8-6-13(7-9-14)19(26)21-2/h4-11H,1-3H3,(H,21,26)(H,23,24). The van der Waals surface area contributed by atoms with Crippen LogP contribution in [-0.4, -0.2) is 34.4 Å². The zero-order valence-electron chi connectivity index (χ0n) is 15.7. The molecule has 0 aliphatic carbocycles. The molecule has 0 unspecified atom stereocenters. The first kappa shape index (κ1) is 18.0. The van der Waals surface area contributed by atoms with Gasteiger partial charge in [-0.1, -0.05) is 0 Å². The van der Waals surface area contributed by atoms with E-state index in [1.54, 1.807) is 26.3 Å². The van der Waals surface area contributed by atoms with E-state index in [2.05, 4.69) is 15.6 Å². The van der Waals surface area contributed by atoms with Gasteiger partial charge in [-0.3, -0.25) is 9.20 Å². The highest BCUT2D eigenvalue weighted by molar-refractivity contribution is 7.14. The van der Waals surface area contributed by atoms with Crippen LogP contribution in [0.5, 0.6) is 5.75 Å². The third-order valence-electron chi connectivity index (χ3n) is 4.38. The molecule has 142 valence electrons. The number of aryl methyl sites for hydroxylation is 1.